The number of ether oxygens (including phenoxy) is 2. The van der Waals surface area contributed by atoms with E-state index in [2.05, 4.69) is 44.6 Å². The molecule has 0 amide bonds. The van der Waals surface area contributed by atoms with E-state index in [4.69, 9.17) is 9.47 Å². The van der Waals surface area contributed by atoms with Crippen LogP contribution in [0, 0.1) is 0 Å². The van der Waals surface area contributed by atoms with Gasteiger partial charge in [0, 0.05) is 18.1 Å². The van der Waals surface area contributed by atoms with E-state index in [1.807, 2.05) is 13.8 Å². The molecule has 114 valence electrons. The van der Waals surface area contributed by atoms with Gasteiger partial charge in [-0.3, -0.25) is 0 Å². The second kappa shape index (κ2) is 8.32. The molecule has 0 aliphatic carbocycles. The summed E-state index contributed by atoms with van der Waals surface area (Å²) in [6, 6.07) is 4.48. The van der Waals surface area contributed by atoms with Crippen molar-refractivity contribution in [1.29, 1.82) is 0 Å². The van der Waals surface area contributed by atoms with Gasteiger partial charge in [0.1, 0.15) is 0 Å². The maximum atomic E-state index is 5.60. The maximum Gasteiger partial charge on any atom is 0.0728 e. The van der Waals surface area contributed by atoms with Gasteiger partial charge in [-0.05, 0) is 36.0 Å². The summed E-state index contributed by atoms with van der Waals surface area (Å²) in [6.45, 7) is 13.4. The van der Waals surface area contributed by atoms with Crippen LogP contribution in [0.1, 0.15) is 51.3 Å². The molecule has 0 heterocycles. The van der Waals surface area contributed by atoms with Crippen molar-refractivity contribution in [3.63, 3.8) is 0 Å². The molecule has 0 fully saturated rings. The zero-order valence-corrected chi connectivity index (χ0v) is 14.9. The normalized spacial score (nSPS) is 11.9. The highest BCUT2D eigenvalue weighted by atomic mass is 33.1. The molecule has 0 aliphatic heterocycles. The largest absolute Gasteiger partial charge is 0.377 e. The van der Waals surface area contributed by atoms with Gasteiger partial charge in [0.05, 0.1) is 13.2 Å². The fourth-order valence-corrected chi connectivity index (χ4v) is 3.12. The quantitative estimate of drug-likeness (QED) is 0.565. The first-order valence-electron chi connectivity index (χ1n) is 7.07. The van der Waals surface area contributed by atoms with Gasteiger partial charge in [-0.1, -0.05) is 43.7 Å². The molecule has 0 spiro atoms. The minimum Gasteiger partial charge on any atom is -0.377 e. The van der Waals surface area contributed by atoms with Gasteiger partial charge in [0.2, 0.25) is 0 Å². The van der Waals surface area contributed by atoms with Crippen LogP contribution in [-0.2, 0) is 28.1 Å². The fourth-order valence-electron chi connectivity index (χ4n) is 1.94. The summed E-state index contributed by atoms with van der Waals surface area (Å²) < 4.78 is 11.2. The van der Waals surface area contributed by atoms with Crippen LogP contribution in [0.3, 0.4) is 0 Å². The number of benzene rings is 1. The molecule has 1 aromatic carbocycles. The van der Waals surface area contributed by atoms with Crippen molar-refractivity contribution in [1.82, 2.24) is 0 Å². The molecule has 2 nitrogen and oxygen atoms in total. The summed E-state index contributed by atoms with van der Waals surface area (Å²) in [5.41, 5.74) is 3.83. The predicted molar refractivity (Wildman–Crippen MR) is 90.6 cm³/mol. The standard InChI is InChI=1S/C16H26O2S2/c1-6-17-10-12-8-14(16(3,4)5)9-13(11-18-7-2)15(12)20-19/h8-9,19H,6-7,10-11H2,1-5H3. The van der Waals surface area contributed by atoms with Crippen LogP contribution < -0.4 is 0 Å². The van der Waals surface area contributed by atoms with E-state index in [1.165, 1.54) is 32.4 Å². The van der Waals surface area contributed by atoms with E-state index in [1.54, 1.807) is 0 Å². The molecule has 20 heavy (non-hydrogen) atoms. The first-order chi connectivity index (χ1) is 9.43. The first kappa shape index (κ1) is 17.9. The minimum atomic E-state index is 0.113. The molecule has 0 N–H and O–H groups in total. The summed E-state index contributed by atoms with van der Waals surface area (Å²) >= 11 is 4.41. The summed E-state index contributed by atoms with van der Waals surface area (Å²) in [7, 11) is 1.48. The van der Waals surface area contributed by atoms with E-state index in [9.17, 15) is 0 Å². The zero-order chi connectivity index (χ0) is 15.2. The SMILES string of the molecule is CCOCc1cc(C(C)(C)C)cc(COCC)c1SS. The van der Waals surface area contributed by atoms with Gasteiger partial charge in [-0.25, -0.2) is 0 Å². The Bertz CT molecular complexity index is 396. The lowest BCUT2D eigenvalue weighted by Crippen LogP contribution is -2.13. The van der Waals surface area contributed by atoms with Crippen LogP contribution in [0.5, 0.6) is 0 Å². The van der Waals surface area contributed by atoms with E-state index >= 15 is 0 Å². The Kier molecular flexibility index (Phi) is 7.45. The number of hydrogen-bond donors (Lipinski definition) is 1. The van der Waals surface area contributed by atoms with Crippen LogP contribution in [0.2, 0.25) is 0 Å². The Balaban J connectivity index is 3.23. The first-order valence-corrected chi connectivity index (χ1v) is 8.94. The van der Waals surface area contributed by atoms with Crippen LogP contribution in [-0.4, -0.2) is 13.2 Å². The lowest BCUT2D eigenvalue weighted by Gasteiger charge is -2.23. The molecule has 0 radical (unpaired) electrons. The van der Waals surface area contributed by atoms with Crippen LogP contribution in [0.25, 0.3) is 0 Å². The third-order valence-electron chi connectivity index (χ3n) is 3.12. The predicted octanol–water partition coefficient (Wildman–Crippen LogP) is 4.99. The summed E-state index contributed by atoms with van der Waals surface area (Å²) in [6.07, 6.45) is 0. The van der Waals surface area contributed by atoms with Crippen LogP contribution >= 0.6 is 22.5 Å². The molecule has 0 saturated carbocycles. The molecule has 0 aromatic heterocycles. The van der Waals surface area contributed by atoms with Crippen molar-refractivity contribution in [2.24, 2.45) is 0 Å². The Labute approximate surface area is 132 Å². The van der Waals surface area contributed by atoms with E-state index in [-0.39, 0.29) is 5.41 Å². The molecule has 0 unspecified atom stereocenters. The lowest BCUT2D eigenvalue weighted by molar-refractivity contribution is 0.126. The van der Waals surface area contributed by atoms with Gasteiger partial charge < -0.3 is 9.47 Å². The molecule has 1 rings (SSSR count). The molecule has 0 atom stereocenters. The molecule has 0 saturated heterocycles. The smallest absolute Gasteiger partial charge is 0.0728 e. The van der Waals surface area contributed by atoms with E-state index < -0.39 is 0 Å². The van der Waals surface area contributed by atoms with Gasteiger partial charge in [-0.2, -0.15) is 0 Å². The molecule has 0 bridgehead atoms. The highest BCUT2D eigenvalue weighted by Gasteiger charge is 2.19. The number of hydrogen-bond acceptors (Lipinski definition) is 4. The number of thiol groups is 1. The maximum absolute atomic E-state index is 5.60. The fraction of sp³-hybridized carbons (Fsp3) is 0.625. The number of rotatable bonds is 7. The molecular weight excluding hydrogens is 288 g/mol. The van der Waals surface area contributed by atoms with Crippen molar-refractivity contribution in [2.75, 3.05) is 13.2 Å². The van der Waals surface area contributed by atoms with E-state index in [0.717, 1.165) is 13.2 Å². The Morgan fingerprint density at radius 3 is 1.75 bits per heavy atom. The van der Waals surface area contributed by atoms with Crippen molar-refractivity contribution in [2.45, 2.75) is 58.1 Å². The zero-order valence-electron chi connectivity index (χ0n) is 13.2. The average Bonchev–Trinajstić information content (AvgIpc) is 2.40. The molecule has 4 heteroatoms. The van der Waals surface area contributed by atoms with Crippen molar-refractivity contribution >= 4 is 22.5 Å². The van der Waals surface area contributed by atoms with Gasteiger partial charge in [0.25, 0.3) is 0 Å². The molecular formula is C16H26O2S2. The minimum absolute atomic E-state index is 0.113. The molecule has 1 aromatic rings. The van der Waals surface area contributed by atoms with Crippen molar-refractivity contribution < 1.29 is 9.47 Å². The highest BCUT2D eigenvalue weighted by Crippen LogP contribution is 2.35. The van der Waals surface area contributed by atoms with Crippen LogP contribution in [0.15, 0.2) is 17.0 Å². The monoisotopic (exact) mass is 314 g/mol. The third-order valence-corrected chi connectivity index (χ3v) is 4.38. The van der Waals surface area contributed by atoms with Crippen LogP contribution in [0.4, 0.5) is 0 Å². The average molecular weight is 315 g/mol. The van der Waals surface area contributed by atoms with Gasteiger partial charge >= 0.3 is 0 Å². The van der Waals surface area contributed by atoms with Crippen molar-refractivity contribution in [3.8, 4) is 0 Å². The summed E-state index contributed by atoms with van der Waals surface area (Å²) in [4.78, 5) is 1.17. The summed E-state index contributed by atoms with van der Waals surface area (Å²) in [5, 5.41) is 0. The van der Waals surface area contributed by atoms with E-state index in [0.29, 0.717) is 13.2 Å². The Morgan fingerprint density at radius 1 is 1.00 bits per heavy atom. The molecule has 0 aliphatic rings. The third kappa shape index (κ3) is 4.99. The second-order valence-corrected chi connectivity index (χ2v) is 6.88. The van der Waals surface area contributed by atoms with Gasteiger partial charge in [0.15, 0.2) is 0 Å². The highest BCUT2D eigenvalue weighted by molar-refractivity contribution is 8.68. The topological polar surface area (TPSA) is 18.5 Å². The lowest BCUT2D eigenvalue weighted by atomic mass is 9.85. The Morgan fingerprint density at radius 2 is 1.45 bits per heavy atom. The second-order valence-electron chi connectivity index (χ2n) is 5.74. The van der Waals surface area contributed by atoms with Crippen molar-refractivity contribution in [3.05, 3.63) is 28.8 Å². The summed E-state index contributed by atoms with van der Waals surface area (Å²) in [5.74, 6) is 0. The van der Waals surface area contributed by atoms with Gasteiger partial charge in [-0.15, -0.1) is 11.7 Å². The Hall–Kier alpha value is -0.160.